The minimum Gasteiger partial charge on any atom is -0.490 e. The Balaban J connectivity index is 1.51. The summed E-state index contributed by atoms with van der Waals surface area (Å²) >= 11 is 0. The number of nitrogens with zero attached hydrogens (tertiary/aromatic N) is 1. The number of amides is 1. The molecule has 5 heteroatoms. The number of hydrogen-bond donors (Lipinski definition) is 2. The monoisotopic (exact) mass is 331 g/mol. The lowest BCUT2D eigenvalue weighted by molar-refractivity contribution is -0.123. The molecule has 0 unspecified atom stereocenters. The number of rotatable bonds is 6. The van der Waals surface area contributed by atoms with E-state index in [0.717, 1.165) is 43.8 Å². The molecule has 0 bridgehead atoms. The number of carbonyl (C=O) groups is 1. The second kappa shape index (κ2) is 8.49. The Morgan fingerprint density at radius 1 is 1.33 bits per heavy atom. The molecule has 5 nitrogen and oxygen atoms in total. The lowest BCUT2D eigenvalue weighted by Gasteiger charge is -2.33. The number of piperazine rings is 1. The highest BCUT2D eigenvalue weighted by Gasteiger charge is 2.21. The standard InChI is InChI=1S/C19H29N3O2/c1-15-12-20-10-11-22(15)14-19(23)21-13-16-6-2-5-9-18(16)24-17-7-3-4-8-17/h2,5-6,9,15,17,20H,3-4,7-8,10-14H2,1H3,(H,21,23)/t15-/m0/s1. The molecule has 1 saturated carbocycles. The van der Waals surface area contributed by atoms with Crippen molar-refractivity contribution in [1.82, 2.24) is 15.5 Å². The predicted molar refractivity (Wildman–Crippen MR) is 95.1 cm³/mol. The summed E-state index contributed by atoms with van der Waals surface area (Å²) in [6, 6.07) is 8.46. The van der Waals surface area contributed by atoms with Crippen LogP contribution in [0.5, 0.6) is 5.75 Å². The molecule has 0 radical (unpaired) electrons. The normalized spacial score (nSPS) is 22.5. The van der Waals surface area contributed by atoms with Crippen LogP contribution in [0.4, 0.5) is 0 Å². The van der Waals surface area contributed by atoms with Crippen molar-refractivity contribution >= 4 is 5.91 Å². The first-order valence-corrected chi connectivity index (χ1v) is 9.18. The molecule has 2 aliphatic rings. The molecule has 0 spiro atoms. The Labute approximate surface area is 144 Å². The zero-order valence-electron chi connectivity index (χ0n) is 14.6. The summed E-state index contributed by atoms with van der Waals surface area (Å²) in [6.45, 7) is 5.98. The van der Waals surface area contributed by atoms with Crippen LogP contribution in [-0.2, 0) is 11.3 Å². The van der Waals surface area contributed by atoms with Gasteiger partial charge in [0.05, 0.1) is 12.6 Å². The van der Waals surface area contributed by atoms with Crippen LogP contribution in [0.3, 0.4) is 0 Å². The smallest absolute Gasteiger partial charge is 0.234 e. The third-order valence-electron chi connectivity index (χ3n) is 5.03. The second-order valence-electron chi connectivity index (χ2n) is 6.93. The van der Waals surface area contributed by atoms with Crippen LogP contribution in [0, 0.1) is 0 Å². The maximum absolute atomic E-state index is 12.3. The highest BCUT2D eigenvalue weighted by molar-refractivity contribution is 5.78. The highest BCUT2D eigenvalue weighted by atomic mass is 16.5. The van der Waals surface area contributed by atoms with Gasteiger partial charge in [0.15, 0.2) is 0 Å². The SMILES string of the molecule is C[C@H]1CNCCN1CC(=O)NCc1ccccc1OC1CCCC1. The third-order valence-corrected chi connectivity index (χ3v) is 5.03. The summed E-state index contributed by atoms with van der Waals surface area (Å²) in [5.41, 5.74) is 1.06. The summed E-state index contributed by atoms with van der Waals surface area (Å²) in [5, 5.41) is 6.40. The van der Waals surface area contributed by atoms with Gasteiger partial charge in [0.25, 0.3) is 0 Å². The van der Waals surface area contributed by atoms with Gasteiger partial charge in [-0.3, -0.25) is 9.69 Å². The zero-order valence-corrected chi connectivity index (χ0v) is 14.6. The molecule has 1 heterocycles. The van der Waals surface area contributed by atoms with Crippen LogP contribution < -0.4 is 15.4 Å². The Morgan fingerprint density at radius 3 is 2.92 bits per heavy atom. The molecule has 24 heavy (non-hydrogen) atoms. The van der Waals surface area contributed by atoms with Gasteiger partial charge in [-0.1, -0.05) is 18.2 Å². The van der Waals surface area contributed by atoms with Gasteiger partial charge < -0.3 is 15.4 Å². The van der Waals surface area contributed by atoms with E-state index >= 15 is 0 Å². The molecular weight excluding hydrogens is 302 g/mol. The van der Waals surface area contributed by atoms with Crippen LogP contribution >= 0.6 is 0 Å². The minimum atomic E-state index is 0.0828. The van der Waals surface area contributed by atoms with Gasteiger partial charge in [-0.25, -0.2) is 0 Å². The van der Waals surface area contributed by atoms with Crippen LogP contribution in [0.15, 0.2) is 24.3 Å². The fourth-order valence-corrected chi connectivity index (χ4v) is 3.50. The Bertz CT molecular complexity index is 543. The molecule has 1 aliphatic heterocycles. The van der Waals surface area contributed by atoms with Crippen LogP contribution in [0.1, 0.15) is 38.2 Å². The van der Waals surface area contributed by atoms with E-state index in [2.05, 4.69) is 22.5 Å². The maximum Gasteiger partial charge on any atom is 0.234 e. The van der Waals surface area contributed by atoms with Gasteiger partial charge in [-0.2, -0.15) is 0 Å². The van der Waals surface area contributed by atoms with Crippen molar-refractivity contribution in [2.24, 2.45) is 0 Å². The number of benzene rings is 1. The van der Waals surface area contributed by atoms with E-state index in [1.54, 1.807) is 0 Å². The molecule has 1 aliphatic carbocycles. The topological polar surface area (TPSA) is 53.6 Å². The van der Waals surface area contributed by atoms with E-state index in [1.807, 2.05) is 24.3 Å². The quantitative estimate of drug-likeness (QED) is 0.836. The predicted octanol–water partition coefficient (Wildman–Crippen LogP) is 1.92. The van der Waals surface area contributed by atoms with Crippen LogP contribution in [0.25, 0.3) is 0 Å². The molecule has 3 rings (SSSR count). The zero-order chi connectivity index (χ0) is 16.8. The van der Waals surface area contributed by atoms with Gasteiger partial charge in [-0.05, 0) is 38.7 Å². The van der Waals surface area contributed by atoms with Crippen molar-refractivity contribution in [3.8, 4) is 5.75 Å². The molecule has 1 saturated heterocycles. The van der Waals surface area contributed by atoms with E-state index in [4.69, 9.17) is 4.74 Å². The molecule has 2 fully saturated rings. The van der Waals surface area contributed by atoms with Crippen molar-refractivity contribution in [2.45, 2.75) is 51.3 Å². The summed E-state index contributed by atoms with van der Waals surface area (Å²) < 4.78 is 6.14. The fraction of sp³-hybridized carbons (Fsp3) is 0.632. The van der Waals surface area contributed by atoms with Crippen molar-refractivity contribution in [2.75, 3.05) is 26.2 Å². The molecular formula is C19H29N3O2. The first-order valence-electron chi connectivity index (χ1n) is 9.18. The van der Waals surface area contributed by atoms with E-state index in [1.165, 1.54) is 12.8 Å². The van der Waals surface area contributed by atoms with E-state index in [9.17, 15) is 4.79 Å². The number of hydrogen-bond acceptors (Lipinski definition) is 4. The summed E-state index contributed by atoms with van der Waals surface area (Å²) in [4.78, 5) is 14.5. The molecule has 132 valence electrons. The maximum atomic E-state index is 12.3. The van der Waals surface area contributed by atoms with Crippen molar-refractivity contribution < 1.29 is 9.53 Å². The molecule has 2 N–H and O–H groups in total. The first-order chi connectivity index (χ1) is 11.7. The lowest BCUT2D eigenvalue weighted by atomic mass is 10.2. The van der Waals surface area contributed by atoms with Gasteiger partial charge in [0.1, 0.15) is 5.75 Å². The molecule has 1 aromatic rings. The van der Waals surface area contributed by atoms with E-state index < -0.39 is 0 Å². The minimum absolute atomic E-state index is 0.0828. The molecule has 1 atom stereocenters. The number of para-hydroxylation sites is 1. The van der Waals surface area contributed by atoms with Crippen molar-refractivity contribution in [1.29, 1.82) is 0 Å². The van der Waals surface area contributed by atoms with Gasteiger partial charge >= 0.3 is 0 Å². The number of ether oxygens (including phenoxy) is 1. The van der Waals surface area contributed by atoms with E-state index in [0.29, 0.717) is 25.2 Å². The first kappa shape index (κ1) is 17.2. The van der Waals surface area contributed by atoms with E-state index in [-0.39, 0.29) is 5.91 Å². The summed E-state index contributed by atoms with van der Waals surface area (Å²) in [7, 11) is 0. The molecule has 1 amide bonds. The Hall–Kier alpha value is -1.59. The lowest BCUT2D eigenvalue weighted by Crippen LogP contribution is -2.52. The van der Waals surface area contributed by atoms with Crippen molar-refractivity contribution in [3.63, 3.8) is 0 Å². The highest BCUT2D eigenvalue weighted by Crippen LogP contribution is 2.26. The average molecular weight is 331 g/mol. The third kappa shape index (κ3) is 4.71. The number of carbonyl (C=O) groups excluding carboxylic acids is 1. The van der Waals surface area contributed by atoms with Gasteiger partial charge in [-0.15, -0.1) is 0 Å². The number of nitrogens with one attached hydrogen (secondary N) is 2. The summed E-state index contributed by atoms with van der Waals surface area (Å²) in [5.74, 6) is 1.000. The largest absolute Gasteiger partial charge is 0.490 e. The average Bonchev–Trinajstić information content (AvgIpc) is 3.09. The van der Waals surface area contributed by atoms with Gasteiger partial charge in [0.2, 0.25) is 5.91 Å². The molecule has 0 aromatic heterocycles. The molecule has 1 aromatic carbocycles. The van der Waals surface area contributed by atoms with Crippen molar-refractivity contribution in [3.05, 3.63) is 29.8 Å². The van der Waals surface area contributed by atoms with Crippen LogP contribution in [0.2, 0.25) is 0 Å². The second-order valence-corrected chi connectivity index (χ2v) is 6.93. The Kier molecular flexibility index (Phi) is 6.10. The summed E-state index contributed by atoms with van der Waals surface area (Å²) in [6.07, 6.45) is 5.13. The van der Waals surface area contributed by atoms with Gasteiger partial charge in [0, 0.05) is 37.8 Å². The Morgan fingerprint density at radius 2 is 2.12 bits per heavy atom. The van der Waals surface area contributed by atoms with Crippen LogP contribution in [-0.4, -0.2) is 49.1 Å². The fourth-order valence-electron chi connectivity index (χ4n) is 3.50.